The lowest BCUT2D eigenvalue weighted by atomic mass is 10.1. The lowest BCUT2D eigenvalue weighted by Crippen LogP contribution is -2.29. The van der Waals surface area contributed by atoms with Crippen molar-refractivity contribution in [1.29, 1.82) is 0 Å². The highest BCUT2D eigenvalue weighted by atomic mass is 16.1. The molecule has 1 aliphatic rings. The molecule has 0 bridgehead atoms. The van der Waals surface area contributed by atoms with Crippen molar-refractivity contribution in [2.24, 2.45) is 0 Å². The van der Waals surface area contributed by atoms with Gasteiger partial charge in [0.05, 0.1) is 0 Å². The molecular weight excluding hydrogens is 164 g/mol. The van der Waals surface area contributed by atoms with E-state index in [2.05, 4.69) is 11.8 Å². The lowest BCUT2D eigenvalue weighted by Gasteiger charge is -2.24. The van der Waals surface area contributed by atoms with Crippen LogP contribution in [0.15, 0.2) is 0 Å². The van der Waals surface area contributed by atoms with Gasteiger partial charge < -0.3 is 9.80 Å². The zero-order valence-electron chi connectivity index (χ0n) is 9.12. The number of hydrogen-bond donors (Lipinski definition) is 0. The van der Waals surface area contributed by atoms with Crippen LogP contribution in [0.1, 0.15) is 26.2 Å². The predicted octanol–water partition coefficient (Wildman–Crippen LogP) is 1.20. The van der Waals surface area contributed by atoms with E-state index in [4.69, 9.17) is 0 Å². The van der Waals surface area contributed by atoms with Gasteiger partial charge in [-0.25, -0.2) is 0 Å². The number of likely N-dealkylation sites (tertiary alicyclic amines) is 1. The zero-order chi connectivity index (χ0) is 10.1. The summed E-state index contributed by atoms with van der Waals surface area (Å²) in [7, 11) is 3.38. The van der Waals surface area contributed by atoms with Crippen LogP contribution in [0.2, 0.25) is 0 Å². The van der Waals surface area contributed by atoms with Gasteiger partial charge in [-0.1, -0.05) is 13.3 Å². The molecule has 0 N–H and O–H groups in total. The second-order valence-electron chi connectivity index (χ2n) is 3.56. The average molecular weight is 186 g/mol. The summed E-state index contributed by atoms with van der Waals surface area (Å²) in [5.41, 5.74) is 0. The average Bonchev–Trinajstić information content (AvgIpc) is 2.20. The van der Waals surface area contributed by atoms with Gasteiger partial charge >= 0.3 is 0 Å². The number of rotatable bonds is 2. The van der Waals surface area contributed by atoms with Gasteiger partial charge in [-0.15, -0.1) is 0 Å². The molecule has 0 aliphatic carbocycles. The highest BCUT2D eigenvalue weighted by Crippen LogP contribution is 2.06. The minimum Gasteiger partial charge on any atom is -0.351 e. The summed E-state index contributed by atoms with van der Waals surface area (Å²) in [5, 5.41) is 0. The van der Waals surface area contributed by atoms with Crippen LogP contribution in [0.25, 0.3) is 0 Å². The fourth-order valence-corrected chi connectivity index (χ4v) is 1.28. The van der Waals surface area contributed by atoms with E-state index in [0.29, 0.717) is 0 Å². The molecular formula is C10H22N2O. The van der Waals surface area contributed by atoms with E-state index in [1.54, 1.807) is 14.1 Å². The fraction of sp³-hybridized carbons (Fsp3) is 0.900. The van der Waals surface area contributed by atoms with Crippen molar-refractivity contribution in [3.8, 4) is 0 Å². The highest BCUT2D eigenvalue weighted by Gasteiger charge is 2.05. The molecule has 0 aromatic heterocycles. The molecule has 78 valence electrons. The highest BCUT2D eigenvalue weighted by molar-refractivity contribution is 5.45. The molecule has 1 saturated heterocycles. The normalized spacial score (nSPS) is 17.2. The third-order valence-electron chi connectivity index (χ3n) is 2.11. The quantitative estimate of drug-likeness (QED) is 0.605. The number of piperidine rings is 1. The number of carbonyl (C=O) groups excluding carboxylic acids is 1. The Bertz CT molecular complexity index is 120. The SMILES string of the molecule is CCN1CCCCC1.CN(C)C=O. The van der Waals surface area contributed by atoms with E-state index in [0.717, 1.165) is 6.41 Å². The Morgan fingerprint density at radius 2 is 1.69 bits per heavy atom. The van der Waals surface area contributed by atoms with Gasteiger partial charge in [-0.2, -0.15) is 0 Å². The van der Waals surface area contributed by atoms with Crippen molar-refractivity contribution in [2.45, 2.75) is 26.2 Å². The van der Waals surface area contributed by atoms with Crippen LogP contribution < -0.4 is 0 Å². The van der Waals surface area contributed by atoms with Gasteiger partial charge in [-0.05, 0) is 32.5 Å². The monoisotopic (exact) mass is 186 g/mol. The first kappa shape index (κ1) is 12.4. The minimum absolute atomic E-state index is 0.750. The molecule has 1 amide bonds. The number of nitrogens with zero attached hydrogens (tertiary/aromatic N) is 2. The first-order valence-electron chi connectivity index (χ1n) is 5.04. The van der Waals surface area contributed by atoms with Crippen LogP contribution in [0, 0.1) is 0 Å². The summed E-state index contributed by atoms with van der Waals surface area (Å²) >= 11 is 0. The fourth-order valence-electron chi connectivity index (χ4n) is 1.28. The van der Waals surface area contributed by atoms with Crippen LogP contribution in [-0.2, 0) is 4.79 Å². The minimum atomic E-state index is 0.750. The van der Waals surface area contributed by atoms with Gasteiger partial charge in [0, 0.05) is 14.1 Å². The van der Waals surface area contributed by atoms with Crippen LogP contribution in [-0.4, -0.2) is 49.9 Å². The van der Waals surface area contributed by atoms with E-state index in [1.807, 2.05) is 0 Å². The third-order valence-corrected chi connectivity index (χ3v) is 2.11. The molecule has 0 unspecified atom stereocenters. The molecule has 13 heavy (non-hydrogen) atoms. The molecule has 0 saturated carbocycles. The van der Waals surface area contributed by atoms with Crippen molar-refractivity contribution in [2.75, 3.05) is 33.7 Å². The summed E-state index contributed by atoms with van der Waals surface area (Å²) in [4.78, 5) is 13.4. The molecule has 0 atom stereocenters. The maximum Gasteiger partial charge on any atom is 0.209 e. The summed E-state index contributed by atoms with van der Waals surface area (Å²) in [5.74, 6) is 0. The van der Waals surface area contributed by atoms with Crippen LogP contribution >= 0.6 is 0 Å². The van der Waals surface area contributed by atoms with Gasteiger partial charge in [-0.3, -0.25) is 4.79 Å². The Morgan fingerprint density at radius 3 is 1.92 bits per heavy atom. The molecule has 3 heteroatoms. The number of amides is 1. The Morgan fingerprint density at radius 1 is 1.23 bits per heavy atom. The van der Waals surface area contributed by atoms with Crippen LogP contribution in [0.5, 0.6) is 0 Å². The molecule has 1 rings (SSSR count). The summed E-state index contributed by atoms with van der Waals surface area (Å²) in [6.07, 6.45) is 5.05. The molecule has 3 nitrogen and oxygen atoms in total. The topological polar surface area (TPSA) is 23.6 Å². The number of carbonyl (C=O) groups is 1. The van der Waals surface area contributed by atoms with E-state index < -0.39 is 0 Å². The van der Waals surface area contributed by atoms with Crippen molar-refractivity contribution in [3.05, 3.63) is 0 Å². The maximum absolute atomic E-state index is 9.43. The van der Waals surface area contributed by atoms with E-state index >= 15 is 0 Å². The van der Waals surface area contributed by atoms with Crippen molar-refractivity contribution in [1.82, 2.24) is 9.80 Å². The molecule has 1 aliphatic heterocycles. The molecule has 0 radical (unpaired) electrons. The Labute approximate surface area is 81.7 Å². The van der Waals surface area contributed by atoms with E-state index in [-0.39, 0.29) is 0 Å². The maximum atomic E-state index is 9.43. The van der Waals surface area contributed by atoms with Gasteiger partial charge in [0.2, 0.25) is 6.41 Å². The smallest absolute Gasteiger partial charge is 0.209 e. The standard InChI is InChI=1S/C7H15N.C3H7NO/c1-2-8-6-4-3-5-7-8;1-4(2)3-5/h2-7H2,1H3;3H,1-2H3. The Kier molecular flexibility index (Phi) is 7.69. The number of hydrogen-bond acceptors (Lipinski definition) is 2. The Balaban J connectivity index is 0.000000252. The summed E-state index contributed by atoms with van der Waals surface area (Å²) in [6, 6.07) is 0. The second kappa shape index (κ2) is 8.05. The first-order valence-corrected chi connectivity index (χ1v) is 5.04. The van der Waals surface area contributed by atoms with E-state index in [9.17, 15) is 4.79 Å². The van der Waals surface area contributed by atoms with Crippen molar-refractivity contribution >= 4 is 6.41 Å². The largest absolute Gasteiger partial charge is 0.351 e. The molecule has 1 heterocycles. The third kappa shape index (κ3) is 7.78. The van der Waals surface area contributed by atoms with Crippen LogP contribution in [0.3, 0.4) is 0 Å². The summed E-state index contributed by atoms with van der Waals surface area (Å²) in [6.45, 7) is 6.18. The van der Waals surface area contributed by atoms with E-state index in [1.165, 1.54) is 43.8 Å². The van der Waals surface area contributed by atoms with Crippen molar-refractivity contribution < 1.29 is 4.79 Å². The molecule has 0 spiro atoms. The van der Waals surface area contributed by atoms with Gasteiger partial charge in [0.1, 0.15) is 0 Å². The second-order valence-corrected chi connectivity index (χ2v) is 3.56. The van der Waals surface area contributed by atoms with Gasteiger partial charge in [0.25, 0.3) is 0 Å². The zero-order valence-corrected chi connectivity index (χ0v) is 9.12. The predicted molar refractivity (Wildman–Crippen MR) is 55.7 cm³/mol. The van der Waals surface area contributed by atoms with Gasteiger partial charge in [0.15, 0.2) is 0 Å². The Hall–Kier alpha value is -0.570. The van der Waals surface area contributed by atoms with Crippen molar-refractivity contribution in [3.63, 3.8) is 0 Å². The lowest BCUT2D eigenvalue weighted by molar-refractivity contribution is -0.115. The molecule has 1 fully saturated rings. The van der Waals surface area contributed by atoms with Crippen LogP contribution in [0.4, 0.5) is 0 Å². The summed E-state index contributed by atoms with van der Waals surface area (Å²) < 4.78 is 0. The first-order chi connectivity index (χ1) is 6.20. The molecule has 0 aromatic carbocycles. The molecule has 0 aromatic rings.